The molecule has 0 saturated carbocycles. The number of hydrogen-bond acceptors (Lipinski definition) is 3. The standard InChI is InChI=1S/C22H28FN3O2/c1-13(2)25-8-6-15(7-9-25)17-10-16-12-26(22(28)18(16)11-19(17)23)20-5-4-14(3)24-21(20)27/h10-11,13,15,20H,3-9,12H2,1-2H3,(H,24,27). The number of benzene rings is 1. The van der Waals surface area contributed by atoms with Gasteiger partial charge in [0.15, 0.2) is 0 Å². The molecule has 1 aromatic rings. The summed E-state index contributed by atoms with van der Waals surface area (Å²) in [4.78, 5) is 29.1. The smallest absolute Gasteiger partial charge is 0.255 e. The van der Waals surface area contributed by atoms with Crippen molar-refractivity contribution in [2.45, 2.75) is 64.1 Å². The Morgan fingerprint density at radius 2 is 1.89 bits per heavy atom. The lowest BCUT2D eigenvalue weighted by Gasteiger charge is -2.35. The number of carbonyl (C=O) groups is 2. The van der Waals surface area contributed by atoms with Crippen LogP contribution in [-0.4, -0.2) is 46.8 Å². The molecule has 28 heavy (non-hydrogen) atoms. The van der Waals surface area contributed by atoms with E-state index in [4.69, 9.17) is 0 Å². The second kappa shape index (κ2) is 7.32. The van der Waals surface area contributed by atoms with Crippen LogP contribution in [0.25, 0.3) is 0 Å². The first-order chi connectivity index (χ1) is 13.3. The van der Waals surface area contributed by atoms with Gasteiger partial charge in [-0.3, -0.25) is 9.59 Å². The topological polar surface area (TPSA) is 52.7 Å². The molecule has 1 atom stereocenters. The summed E-state index contributed by atoms with van der Waals surface area (Å²) in [5.41, 5.74) is 2.65. The van der Waals surface area contributed by atoms with Crippen LogP contribution >= 0.6 is 0 Å². The molecular formula is C22H28FN3O2. The number of piperidine rings is 2. The van der Waals surface area contributed by atoms with Crippen LogP contribution in [0.1, 0.15) is 66.9 Å². The molecule has 0 bridgehead atoms. The Labute approximate surface area is 165 Å². The molecule has 1 aromatic carbocycles. The van der Waals surface area contributed by atoms with E-state index in [1.807, 2.05) is 6.07 Å². The molecule has 150 valence electrons. The molecule has 0 radical (unpaired) electrons. The van der Waals surface area contributed by atoms with Crippen molar-refractivity contribution in [2.24, 2.45) is 0 Å². The van der Waals surface area contributed by atoms with E-state index in [2.05, 4.69) is 30.6 Å². The summed E-state index contributed by atoms with van der Waals surface area (Å²) in [5, 5.41) is 2.74. The number of allylic oxidation sites excluding steroid dienone is 1. The predicted octanol–water partition coefficient (Wildman–Crippen LogP) is 3.16. The molecule has 2 fully saturated rings. The van der Waals surface area contributed by atoms with Crippen molar-refractivity contribution in [2.75, 3.05) is 13.1 Å². The molecule has 2 saturated heterocycles. The Balaban J connectivity index is 1.53. The van der Waals surface area contributed by atoms with Crippen LogP contribution in [-0.2, 0) is 11.3 Å². The molecule has 5 nitrogen and oxygen atoms in total. The third kappa shape index (κ3) is 3.34. The van der Waals surface area contributed by atoms with Crippen molar-refractivity contribution >= 4 is 11.8 Å². The average Bonchev–Trinajstić information content (AvgIpc) is 2.97. The fourth-order valence-corrected chi connectivity index (χ4v) is 4.73. The fraction of sp³-hybridized carbons (Fsp3) is 0.545. The third-order valence-electron chi connectivity index (χ3n) is 6.45. The molecule has 2 amide bonds. The fourth-order valence-electron chi connectivity index (χ4n) is 4.73. The Morgan fingerprint density at radius 3 is 2.54 bits per heavy atom. The van der Waals surface area contributed by atoms with E-state index >= 15 is 0 Å². The van der Waals surface area contributed by atoms with Crippen molar-refractivity contribution in [3.05, 3.63) is 46.9 Å². The van der Waals surface area contributed by atoms with Gasteiger partial charge in [0, 0.05) is 23.8 Å². The lowest BCUT2D eigenvalue weighted by atomic mass is 9.87. The predicted molar refractivity (Wildman–Crippen MR) is 105 cm³/mol. The summed E-state index contributed by atoms with van der Waals surface area (Å²) in [7, 11) is 0. The zero-order valence-electron chi connectivity index (χ0n) is 16.6. The van der Waals surface area contributed by atoms with Crippen LogP contribution < -0.4 is 5.32 Å². The molecule has 6 heteroatoms. The largest absolute Gasteiger partial charge is 0.329 e. The number of nitrogens with one attached hydrogen (secondary N) is 1. The minimum Gasteiger partial charge on any atom is -0.329 e. The van der Waals surface area contributed by atoms with Gasteiger partial charge in [-0.1, -0.05) is 12.6 Å². The van der Waals surface area contributed by atoms with Crippen LogP contribution in [0.2, 0.25) is 0 Å². The quantitative estimate of drug-likeness (QED) is 0.870. The van der Waals surface area contributed by atoms with E-state index in [9.17, 15) is 14.0 Å². The first-order valence-corrected chi connectivity index (χ1v) is 10.2. The van der Waals surface area contributed by atoms with Crippen LogP contribution in [0.4, 0.5) is 4.39 Å². The SMILES string of the molecule is C=C1CCC(N2Cc3cc(C4CCN(C(C)C)CC4)c(F)cc3C2=O)C(=O)N1. The van der Waals surface area contributed by atoms with E-state index in [-0.39, 0.29) is 23.5 Å². The maximum Gasteiger partial charge on any atom is 0.255 e. The molecule has 0 aliphatic carbocycles. The van der Waals surface area contributed by atoms with Gasteiger partial charge in [-0.05, 0) is 75.7 Å². The van der Waals surface area contributed by atoms with Gasteiger partial charge in [0.1, 0.15) is 11.9 Å². The van der Waals surface area contributed by atoms with E-state index in [0.717, 1.165) is 37.1 Å². The van der Waals surface area contributed by atoms with Crippen molar-refractivity contribution in [1.82, 2.24) is 15.1 Å². The van der Waals surface area contributed by atoms with Crippen LogP contribution in [0.15, 0.2) is 24.4 Å². The number of halogens is 1. The molecule has 0 spiro atoms. The zero-order chi connectivity index (χ0) is 20.0. The van der Waals surface area contributed by atoms with Gasteiger partial charge in [-0.25, -0.2) is 4.39 Å². The number of rotatable bonds is 3. The summed E-state index contributed by atoms with van der Waals surface area (Å²) in [6.45, 7) is 10.5. The van der Waals surface area contributed by atoms with Gasteiger partial charge in [0.2, 0.25) is 5.91 Å². The van der Waals surface area contributed by atoms with Crippen molar-refractivity contribution in [3.63, 3.8) is 0 Å². The molecule has 4 rings (SSSR count). The number of carbonyl (C=O) groups excluding carboxylic acids is 2. The van der Waals surface area contributed by atoms with Gasteiger partial charge in [0.25, 0.3) is 5.91 Å². The highest BCUT2D eigenvalue weighted by molar-refractivity contribution is 6.01. The molecule has 1 N–H and O–H groups in total. The monoisotopic (exact) mass is 385 g/mol. The van der Waals surface area contributed by atoms with Crippen molar-refractivity contribution in [1.29, 1.82) is 0 Å². The number of fused-ring (bicyclic) bond motifs is 1. The Bertz CT molecular complexity index is 827. The molecule has 0 aromatic heterocycles. The summed E-state index contributed by atoms with van der Waals surface area (Å²) in [6.07, 6.45) is 3.08. The highest BCUT2D eigenvalue weighted by atomic mass is 19.1. The lowest BCUT2D eigenvalue weighted by Crippen LogP contribution is -2.49. The van der Waals surface area contributed by atoms with Gasteiger partial charge >= 0.3 is 0 Å². The molecular weight excluding hydrogens is 357 g/mol. The molecule has 1 unspecified atom stereocenters. The third-order valence-corrected chi connectivity index (χ3v) is 6.45. The maximum atomic E-state index is 14.9. The molecule has 3 aliphatic rings. The van der Waals surface area contributed by atoms with Crippen LogP contribution in [0.5, 0.6) is 0 Å². The van der Waals surface area contributed by atoms with Gasteiger partial charge < -0.3 is 15.1 Å². The number of hydrogen-bond donors (Lipinski definition) is 1. The lowest BCUT2D eigenvalue weighted by molar-refractivity contribution is -0.126. The van der Waals surface area contributed by atoms with E-state index in [0.29, 0.717) is 36.7 Å². The molecule has 3 heterocycles. The number of likely N-dealkylation sites (tertiary alicyclic amines) is 1. The number of nitrogens with zero attached hydrogens (tertiary/aromatic N) is 2. The minimum absolute atomic E-state index is 0.186. The van der Waals surface area contributed by atoms with E-state index in [1.165, 1.54) is 6.07 Å². The zero-order valence-corrected chi connectivity index (χ0v) is 16.6. The van der Waals surface area contributed by atoms with Crippen molar-refractivity contribution in [3.8, 4) is 0 Å². The summed E-state index contributed by atoms with van der Waals surface area (Å²) >= 11 is 0. The maximum absolute atomic E-state index is 14.9. The van der Waals surface area contributed by atoms with E-state index < -0.39 is 6.04 Å². The Kier molecular flexibility index (Phi) is 5.00. The summed E-state index contributed by atoms with van der Waals surface area (Å²) in [5.74, 6) is -0.550. The first kappa shape index (κ1) is 19.1. The average molecular weight is 385 g/mol. The van der Waals surface area contributed by atoms with E-state index in [1.54, 1.807) is 4.90 Å². The second-order valence-corrected chi connectivity index (χ2v) is 8.52. The van der Waals surface area contributed by atoms with Crippen LogP contribution in [0.3, 0.4) is 0 Å². The summed E-state index contributed by atoms with van der Waals surface area (Å²) < 4.78 is 14.9. The van der Waals surface area contributed by atoms with Gasteiger partial charge in [0.05, 0.1) is 0 Å². The minimum atomic E-state index is -0.508. The van der Waals surface area contributed by atoms with Gasteiger partial charge in [-0.2, -0.15) is 0 Å². The number of amides is 2. The normalized spacial score (nSPS) is 24.1. The summed E-state index contributed by atoms with van der Waals surface area (Å²) in [6, 6.07) is 3.26. The molecule has 3 aliphatic heterocycles. The Hall–Kier alpha value is -2.21. The first-order valence-electron chi connectivity index (χ1n) is 10.2. The van der Waals surface area contributed by atoms with Crippen molar-refractivity contribution < 1.29 is 14.0 Å². The Morgan fingerprint density at radius 1 is 1.18 bits per heavy atom. The van der Waals surface area contributed by atoms with Gasteiger partial charge in [-0.15, -0.1) is 0 Å². The second-order valence-electron chi connectivity index (χ2n) is 8.52. The highest BCUT2D eigenvalue weighted by Crippen LogP contribution is 2.35. The van der Waals surface area contributed by atoms with Crippen LogP contribution in [0, 0.1) is 5.82 Å². The highest BCUT2D eigenvalue weighted by Gasteiger charge is 2.39.